The molecule has 0 saturated heterocycles. The summed E-state index contributed by atoms with van der Waals surface area (Å²) in [5.41, 5.74) is 6.02. The minimum Gasteiger partial charge on any atom is -0.459 e. The third kappa shape index (κ3) is 5.52. The number of halogens is 1. The SMILES string of the molecule is CC(C)C[C@@](C)(N)C(=O)OCc1ccccc1.Cl. The average Bonchev–Trinajstić information content (AvgIpc) is 2.25. The van der Waals surface area contributed by atoms with Crippen molar-refractivity contribution in [2.75, 3.05) is 0 Å². The summed E-state index contributed by atoms with van der Waals surface area (Å²) in [7, 11) is 0. The molecule has 0 unspecified atom stereocenters. The second-order valence-electron chi connectivity index (χ2n) is 5.08. The zero-order valence-electron chi connectivity index (χ0n) is 11.2. The van der Waals surface area contributed by atoms with Crippen LogP contribution in [0.25, 0.3) is 0 Å². The van der Waals surface area contributed by atoms with E-state index in [4.69, 9.17) is 10.5 Å². The third-order valence-electron chi connectivity index (χ3n) is 2.51. The minimum absolute atomic E-state index is 0. The number of carbonyl (C=O) groups excluding carboxylic acids is 1. The van der Waals surface area contributed by atoms with Crippen molar-refractivity contribution in [3.63, 3.8) is 0 Å². The summed E-state index contributed by atoms with van der Waals surface area (Å²) >= 11 is 0. The zero-order chi connectivity index (χ0) is 12.9. The van der Waals surface area contributed by atoms with E-state index in [-0.39, 0.29) is 25.0 Å². The van der Waals surface area contributed by atoms with E-state index in [1.807, 2.05) is 44.2 Å². The van der Waals surface area contributed by atoms with E-state index in [1.54, 1.807) is 6.92 Å². The van der Waals surface area contributed by atoms with Crippen LogP contribution >= 0.6 is 12.4 Å². The van der Waals surface area contributed by atoms with Crippen LogP contribution < -0.4 is 5.73 Å². The summed E-state index contributed by atoms with van der Waals surface area (Å²) < 4.78 is 5.23. The fourth-order valence-electron chi connectivity index (χ4n) is 1.82. The van der Waals surface area contributed by atoms with Gasteiger partial charge in [-0.15, -0.1) is 12.4 Å². The molecular formula is C14H22ClNO2. The molecule has 3 nitrogen and oxygen atoms in total. The monoisotopic (exact) mass is 271 g/mol. The molecule has 1 aromatic carbocycles. The number of ether oxygens (including phenoxy) is 1. The smallest absolute Gasteiger partial charge is 0.326 e. The molecule has 0 aliphatic heterocycles. The Bertz CT molecular complexity index is 363. The van der Waals surface area contributed by atoms with Gasteiger partial charge in [0.1, 0.15) is 12.1 Å². The van der Waals surface area contributed by atoms with Crippen LogP contribution in [-0.4, -0.2) is 11.5 Å². The van der Waals surface area contributed by atoms with Gasteiger partial charge in [0.05, 0.1) is 0 Å². The third-order valence-corrected chi connectivity index (χ3v) is 2.51. The molecule has 0 aliphatic carbocycles. The Labute approximate surface area is 115 Å². The summed E-state index contributed by atoms with van der Waals surface area (Å²) in [6.07, 6.45) is 0.626. The molecule has 18 heavy (non-hydrogen) atoms. The first-order valence-electron chi connectivity index (χ1n) is 5.92. The van der Waals surface area contributed by atoms with E-state index >= 15 is 0 Å². The Kier molecular flexibility index (Phi) is 6.96. The number of esters is 1. The fraction of sp³-hybridized carbons (Fsp3) is 0.500. The highest BCUT2D eigenvalue weighted by Gasteiger charge is 2.30. The van der Waals surface area contributed by atoms with E-state index in [2.05, 4.69) is 0 Å². The van der Waals surface area contributed by atoms with Crippen LogP contribution in [0.1, 0.15) is 32.8 Å². The van der Waals surface area contributed by atoms with Crippen LogP contribution in [0.4, 0.5) is 0 Å². The number of benzene rings is 1. The van der Waals surface area contributed by atoms with E-state index in [0.717, 1.165) is 5.56 Å². The lowest BCUT2D eigenvalue weighted by Gasteiger charge is -2.24. The van der Waals surface area contributed by atoms with Crippen molar-refractivity contribution in [3.8, 4) is 0 Å². The molecule has 1 aromatic rings. The number of nitrogens with two attached hydrogens (primary N) is 1. The van der Waals surface area contributed by atoms with Gasteiger partial charge in [-0.1, -0.05) is 44.2 Å². The zero-order valence-corrected chi connectivity index (χ0v) is 12.0. The first-order chi connectivity index (χ1) is 7.92. The maximum absolute atomic E-state index is 11.8. The second-order valence-corrected chi connectivity index (χ2v) is 5.08. The molecule has 0 amide bonds. The highest BCUT2D eigenvalue weighted by molar-refractivity contribution is 5.85. The van der Waals surface area contributed by atoms with Crippen molar-refractivity contribution >= 4 is 18.4 Å². The molecule has 0 radical (unpaired) electrons. The van der Waals surface area contributed by atoms with Crippen LogP contribution in [0.15, 0.2) is 30.3 Å². The average molecular weight is 272 g/mol. The number of hydrogen-bond acceptors (Lipinski definition) is 3. The van der Waals surface area contributed by atoms with Crippen LogP contribution in [0, 0.1) is 5.92 Å². The van der Waals surface area contributed by atoms with Gasteiger partial charge in [0.2, 0.25) is 0 Å². The molecule has 0 aromatic heterocycles. The van der Waals surface area contributed by atoms with Crippen molar-refractivity contribution < 1.29 is 9.53 Å². The van der Waals surface area contributed by atoms with Gasteiger partial charge in [0.15, 0.2) is 0 Å². The van der Waals surface area contributed by atoms with Crippen LogP contribution in [0.3, 0.4) is 0 Å². The quantitative estimate of drug-likeness (QED) is 0.838. The minimum atomic E-state index is -0.900. The van der Waals surface area contributed by atoms with E-state index in [1.165, 1.54) is 0 Å². The Hall–Kier alpha value is -1.06. The van der Waals surface area contributed by atoms with Crippen LogP contribution in [0.2, 0.25) is 0 Å². The molecule has 2 N–H and O–H groups in total. The van der Waals surface area contributed by atoms with Gasteiger partial charge < -0.3 is 10.5 Å². The van der Waals surface area contributed by atoms with Gasteiger partial charge in [0, 0.05) is 0 Å². The van der Waals surface area contributed by atoms with Crippen molar-refractivity contribution in [1.82, 2.24) is 0 Å². The fourth-order valence-corrected chi connectivity index (χ4v) is 1.82. The summed E-state index contributed by atoms with van der Waals surface area (Å²) in [6, 6.07) is 9.60. The summed E-state index contributed by atoms with van der Waals surface area (Å²) in [6.45, 7) is 6.08. The van der Waals surface area contributed by atoms with E-state index in [9.17, 15) is 4.79 Å². The van der Waals surface area contributed by atoms with Crippen LogP contribution in [0.5, 0.6) is 0 Å². The van der Waals surface area contributed by atoms with Gasteiger partial charge in [0.25, 0.3) is 0 Å². The van der Waals surface area contributed by atoms with Crippen molar-refractivity contribution in [1.29, 1.82) is 0 Å². The Balaban J connectivity index is 0.00000289. The summed E-state index contributed by atoms with van der Waals surface area (Å²) in [4.78, 5) is 11.8. The lowest BCUT2D eigenvalue weighted by Crippen LogP contribution is -2.47. The standard InChI is InChI=1S/C14H21NO2.ClH/c1-11(2)9-14(3,15)13(16)17-10-12-7-5-4-6-8-12;/h4-8,11H,9-10,15H2,1-3H3;1H/t14-;/m1./s1. The highest BCUT2D eigenvalue weighted by atomic mass is 35.5. The maximum Gasteiger partial charge on any atom is 0.326 e. The predicted molar refractivity (Wildman–Crippen MR) is 75.5 cm³/mol. The molecule has 0 bridgehead atoms. The summed E-state index contributed by atoms with van der Waals surface area (Å²) in [5, 5.41) is 0. The molecule has 0 spiro atoms. The van der Waals surface area contributed by atoms with Crippen molar-refractivity contribution in [2.24, 2.45) is 11.7 Å². The Morgan fingerprint density at radius 1 is 1.33 bits per heavy atom. The number of hydrogen-bond donors (Lipinski definition) is 1. The van der Waals surface area contributed by atoms with Gasteiger partial charge in [-0.25, -0.2) is 0 Å². The topological polar surface area (TPSA) is 52.3 Å². The molecule has 0 fully saturated rings. The molecule has 1 rings (SSSR count). The maximum atomic E-state index is 11.8. The highest BCUT2D eigenvalue weighted by Crippen LogP contribution is 2.16. The first-order valence-corrected chi connectivity index (χ1v) is 5.92. The van der Waals surface area contributed by atoms with Gasteiger partial charge in [-0.3, -0.25) is 4.79 Å². The molecule has 0 saturated carbocycles. The first kappa shape index (κ1) is 16.9. The van der Waals surface area contributed by atoms with E-state index < -0.39 is 5.54 Å². The lowest BCUT2D eigenvalue weighted by molar-refractivity contribution is -0.151. The van der Waals surface area contributed by atoms with E-state index in [0.29, 0.717) is 12.3 Å². The lowest BCUT2D eigenvalue weighted by atomic mass is 9.92. The van der Waals surface area contributed by atoms with Gasteiger partial charge in [-0.2, -0.15) is 0 Å². The molecule has 0 aliphatic rings. The summed E-state index contributed by atoms with van der Waals surface area (Å²) in [5.74, 6) is 0.0318. The van der Waals surface area contributed by atoms with Gasteiger partial charge >= 0.3 is 5.97 Å². The molecule has 102 valence electrons. The number of carbonyl (C=O) groups is 1. The van der Waals surface area contributed by atoms with Crippen LogP contribution in [-0.2, 0) is 16.1 Å². The molecular weight excluding hydrogens is 250 g/mol. The second kappa shape index (κ2) is 7.39. The van der Waals surface area contributed by atoms with Crippen molar-refractivity contribution in [2.45, 2.75) is 39.3 Å². The normalized spacial score (nSPS) is 13.6. The molecule has 0 heterocycles. The Morgan fingerprint density at radius 2 is 1.89 bits per heavy atom. The Morgan fingerprint density at radius 3 is 2.39 bits per heavy atom. The predicted octanol–water partition coefficient (Wildman–Crippen LogP) is 2.92. The molecule has 1 atom stereocenters. The molecule has 4 heteroatoms. The van der Waals surface area contributed by atoms with Crippen molar-refractivity contribution in [3.05, 3.63) is 35.9 Å². The number of rotatable bonds is 5. The van der Waals surface area contributed by atoms with Gasteiger partial charge in [-0.05, 0) is 24.8 Å². The largest absolute Gasteiger partial charge is 0.459 e.